The molecule has 3 aliphatic rings. The lowest BCUT2D eigenvalue weighted by Crippen LogP contribution is -2.40. The molecular formula is C30H29N5O5. The number of amides is 2. The summed E-state index contributed by atoms with van der Waals surface area (Å²) in [5.41, 5.74) is 4.26. The first-order chi connectivity index (χ1) is 19.6. The van der Waals surface area contributed by atoms with E-state index in [4.69, 9.17) is 14.2 Å². The summed E-state index contributed by atoms with van der Waals surface area (Å²) in [7, 11) is 1.57. The highest BCUT2D eigenvalue weighted by Crippen LogP contribution is 2.42. The Morgan fingerprint density at radius 2 is 1.90 bits per heavy atom. The van der Waals surface area contributed by atoms with E-state index in [0.717, 1.165) is 22.4 Å². The van der Waals surface area contributed by atoms with E-state index in [-0.39, 0.29) is 18.4 Å². The third kappa shape index (κ3) is 5.07. The zero-order valence-electron chi connectivity index (χ0n) is 22.1. The zero-order valence-corrected chi connectivity index (χ0v) is 22.1. The first-order valence-corrected chi connectivity index (χ1v) is 13.2. The SMILES string of the molecule is COc1cc2c3cc1OCC(=O)NCCCOc1cccc(c1)C2N(C(=O)c1cccc(-n2cnnc2)c1)CC3. The number of carbonyl (C=O) groups is 2. The molecule has 7 rings (SSSR count). The first-order valence-electron chi connectivity index (χ1n) is 13.2. The Bertz CT molecular complexity index is 1540. The number of aromatic nitrogens is 3. The van der Waals surface area contributed by atoms with Gasteiger partial charge in [-0.1, -0.05) is 18.2 Å². The fourth-order valence-corrected chi connectivity index (χ4v) is 5.24. The maximum atomic E-state index is 14.1. The Kier molecular flexibility index (Phi) is 7.05. The highest BCUT2D eigenvalue weighted by atomic mass is 16.5. The molecule has 204 valence electrons. The summed E-state index contributed by atoms with van der Waals surface area (Å²) in [6.45, 7) is 1.29. The van der Waals surface area contributed by atoms with Gasteiger partial charge in [-0.25, -0.2) is 0 Å². The highest BCUT2D eigenvalue weighted by Gasteiger charge is 2.34. The van der Waals surface area contributed by atoms with Gasteiger partial charge in [-0.3, -0.25) is 14.2 Å². The minimum Gasteiger partial charge on any atom is -0.494 e. The average molecular weight is 540 g/mol. The van der Waals surface area contributed by atoms with Gasteiger partial charge in [0.2, 0.25) is 0 Å². The van der Waals surface area contributed by atoms with Gasteiger partial charge in [0.1, 0.15) is 18.4 Å². The summed E-state index contributed by atoms with van der Waals surface area (Å²) < 4.78 is 19.3. The van der Waals surface area contributed by atoms with Crippen molar-refractivity contribution in [1.29, 1.82) is 0 Å². The maximum absolute atomic E-state index is 14.1. The second-order valence-corrected chi connectivity index (χ2v) is 9.69. The molecule has 4 aromatic rings. The van der Waals surface area contributed by atoms with Gasteiger partial charge < -0.3 is 24.4 Å². The molecule has 0 saturated heterocycles. The van der Waals surface area contributed by atoms with Crippen molar-refractivity contribution in [3.05, 3.63) is 95.6 Å². The van der Waals surface area contributed by atoms with Gasteiger partial charge in [-0.15, -0.1) is 10.2 Å². The van der Waals surface area contributed by atoms with Gasteiger partial charge in [0.15, 0.2) is 18.1 Å². The van der Waals surface area contributed by atoms with Crippen LogP contribution in [0.25, 0.3) is 5.69 Å². The zero-order chi connectivity index (χ0) is 27.5. The number of hydrogen-bond donors (Lipinski definition) is 1. The maximum Gasteiger partial charge on any atom is 0.257 e. The van der Waals surface area contributed by atoms with Crippen molar-refractivity contribution in [3.8, 4) is 22.9 Å². The minimum absolute atomic E-state index is 0.0951. The third-order valence-corrected chi connectivity index (χ3v) is 7.17. The predicted molar refractivity (Wildman–Crippen MR) is 146 cm³/mol. The number of benzene rings is 3. The molecular weight excluding hydrogens is 510 g/mol. The number of hydrogen-bond acceptors (Lipinski definition) is 7. The summed E-state index contributed by atoms with van der Waals surface area (Å²) in [6, 6.07) is 18.7. The monoisotopic (exact) mass is 539 g/mol. The molecule has 0 radical (unpaired) electrons. The number of fused-ring (bicyclic) bond motifs is 8. The topological polar surface area (TPSA) is 108 Å². The quantitative estimate of drug-likeness (QED) is 0.426. The van der Waals surface area contributed by atoms with Crippen LogP contribution in [-0.2, 0) is 11.2 Å². The van der Waals surface area contributed by atoms with Crippen LogP contribution in [0.5, 0.6) is 17.2 Å². The number of nitrogens with zero attached hydrogens (tertiary/aromatic N) is 4. The summed E-state index contributed by atoms with van der Waals surface area (Å²) in [4.78, 5) is 28.3. The second-order valence-electron chi connectivity index (χ2n) is 9.69. The average Bonchev–Trinajstić information content (AvgIpc) is 3.53. The van der Waals surface area contributed by atoms with Crippen molar-refractivity contribution in [1.82, 2.24) is 25.0 Å². The summed E-state index contributed by atoms with van der Waals surface area (Å²) >= 11 is 0. The van der Waals surface area contributed by atoms with E-state index in [2.05, 4.69) is 15.5 Å². The largest absolute Gasteiger partial charge is 0.494 e. The summed E-state index contributed by atoms with van der Waals surface area (Å²) in [5.74, 6) is 1.40. The molecule has 2 amide bonds. The molecule has 0 saturated carbocycles. The van der Waals surface area contributed by atoms with Crippen molar-refractivity contribution in [2.75, 3.05) is 33.4 Å². The summed E-state index contributed by atoms with van der Waals surface area (Å²) in [6.07, 6.45) is 4.47. The van der Waals surface area contributed by atoms with E-state index in [1.807, 2.05) is 65.6 Å². The molecule has 0 fully saturated rings. The van der Waals surface area contributed by atoms with Crippen LogP contribution in [0.2, 0.25) is 0 Å². The number of nitrogens with one attached hydrogen (secondary N) is 1. The fraction of sp³-hybridized carbons (Fsp3) is 0.267. The Morgan fingerprint density at radius 3 is 2.75 bits per heavy atom. The van der Waals surface area contributed by atoms with Gasteiger partial charge >= 0.3 is 0 Å². The molecule has 1 N–H and O–H groups in total. The van der Waals surface area contributed by atoms with Gasteiger partial charge in [-0.05, 0) is 72.0 Å². The molecule has 1 atom stereocenters. The Labute approximate surface area is 231 Å². The van der Waals surface area contributed by atoms with Gasteiger partial charge in [-0.2, -0.15) is 0 Å². The van der Waals surface area contributed by atoms with Crippen LogP contribution >= 0.6 is 0 Å². The molecule has 10 nitrogen and oxygen atoms in total. The van der Waals surface area contributed by atoms with Crippen LogP contribution in [0.4, 0.5) is 0 Å². The van der Waals surface area contributed by atoms with Crippen molar-refractivity contribution in [3.63, 3.8) is 0 Å². The van der Waals surface area contributed by atoms with Crippen molar-refractivity contribution >= 4 is 11.8 Å². The first kappa shape index (κ1) is 25.4. The van der Waals surface area contributed by atoms with Crippen LogP contribution < -0.4 is 19.5 Å². The molecule has 6 bridgehead atoms. The van der Waals surface area contributed by atoms with Crippen LogP contribution in [0.15, 0.2) is 73.3 Å². The van der Waals surface area contributed by atoms with E-state index in [1.165, 1.54) is 0 Å². The molecule has 0 aliphatic carbocycles. The molecule has 1 unspecified atom stereocenters. The molecule has 3 aliphatic heterocycles. The van der Waals surface area contributed by atoms with Gasteiger partial charge in [0, 0.05) is 24.3 Å². The standard InChI is InChI=1S/C30H29N5O5/c1-38-26-16-25-20-9-11-35(30(37)22-6-2-7-23(13-22)34-18-32-33-19-34)29(25)21-5-3-8-24(14-21)39-12-4-10-31-28(36)17-40-27(26)15-20/h2-3,5-8,13-16,18-19,29H,4,9-12,17H2,1H3,(H,31,36). The minimum atomic E-state index is -0.391. The van der Waals surface area contributed by atoms with E-state index in [1.54, 1.807) is 24.3 Å². The van der Waals surface area contributed by atoms with E-state index >= 15 is 0 Å². The smallest absolute Gasteiger partial charge is 0.257 e. The fourth-order valence-electron chi connectivity index (χ4n) is 5.24. The molecule has 10 heteroatoms. The lowest BCUT2D eigenvalue weighted by atomic mass is 9.87. The van der Waals surface area contributed by atoms with Crippen molar-refractivity contribution in [2.24, 2.45) is 0 Å². The number of carbonyl (C=O) groups excluding carboxylic acids is 2. The van der Waals surface area contributed by atoms with Crippen LogP contribution in [-0.4, -0.2) is 64.9 Å². The Hall–Kier alpha value is -4.86. The third-order valence-electron chi connectivity index (χ3n) is 7.17. The molecule has 3 aromatic carbocycles. The van der Waals surface area contributed by atoms with E-state index in [0.29, 0.717) is 55.4 Å². The van der Waals surface area contributed by atoms with Crippen LogP contribution in [0, 0.1) is 0 Å². The lowest BCUT2D eigenvalue weighted by molar-refractivity contribution is -0.123. The molecule has 4 heterocycles. The Morgan fingerprint density at radius 1 is 1.05 bits per heavy atom. The van der Waals surface area contributed by atoms with Gasteiger partial charge in [0.05, 0.1) is 19.8 Å². The molecule has 40 heavy (non-hydrogen) atoms. The van der Waals surface area contributed by atoms with Crippen LogP contribution in [0.3, 0.4) is 0 Å². The Balaban J connectivity index is 1.44. The number of ether oxygens (including phenoxy) is 3. The highest BCUT2D eigenvalue weighted by molar-refractivity contribution is 5.95. The number of rotatable bonds is 3. The van der Waals surface area contributed by atoms with Gasteiger partial charge in [0.25, 0.3) is 11.8 Å². The normalized spacial score (nSPS) is 17.0. The summed E-state index contributed by atoms with van der Waals surface area (Å²) in [5, 5.41) is 10.6. The van der Waals surface area contributed by atoms with Crippen LogP contribution in [0.1, 0.15) is 39.5 Å². The number of methoxy groups -OCH3 is 1. The van der Waals surface area contributed by atoms with E-state index in [9.17, 15) is 9.59 Å². The molecule has 1 aromatic heterocycles. The van der Waals surface area contributed by atoms with E-state index < -0.39 is 6.04 Å². The second kappa shape index (κ2) is 11.1. The predicted octanol–water partition coefficient (Wildman–Crippen LogP) is 3.34. The van der Waals surface area contributed by atoms with Crippen molar-refractivity contribution < 1.29 is 23.8 Å². The van der Waals surface area contributed by atoms with Crippen molar-refractivity contribution in [2.45, 2.75) is 18.9 Å². The lowest BCUT2D eigenvalue weighted by Gasteiger charge is -2.38. The molecule has 0 spiro atoms.